The van der Waals surface area contributed by atoms with Crippen molar-refractivity contribution in [1.29, 1.82) is 0 Å². The molecule has 1 aromatic rings. The van der Waals surface area contributed by atoms with E-state index in [9.17, 15) is 0 Å². The van der Waals surface area contributed by atoms with Crippen molar-refractivity contribution in [3.63, 3.8) is 0 Å². The van der Waals surface area contributed by atoms with E-state index in [-0.39, 0.29) is 0 Å². The van der Waals surface area contributed by atoms with Gasteiger partial charge in [-0.15, -0.1) is 0 Å². The molecule has 86 valence electrons. The van der Waals surface area contributed by atoms with Crippen molar-refractivity contribution in [3.05, 3.63) is 29.3 Å². The Morgan fingerprint density at radius 2 is 2.25 bits per heavy atom. The van der Waals surface area contributed by atoms with E-state index < -0.39 is 0 Å². The van der Waals surface area contributed by atoms with Crippen molar-refractivity contribution in [2.24, 2.45) is 11.7 Å². The summed E-state index contributed by atoms with van der Waals surface area (Å²) >= 11 is 0. The minimum Gasteiger partial charge on any atom is -0.368 e. The Labute approximate surface area is 97.4 Å². The number of hydrogen-bond donors (Lipinski definition) is 1. The Morgan fingerprint density at radius 1 is 1.38 bits per heavy atom. The SMILES string of the molecule is Cc1cccc2c1CCC1C(CN)CCN21. The molecule has 16 heavy (non-hydrogen) atoms. The van der Waals surface area contributed by atoms with E-state index in [1.165, 1.54) is 37.1 Å². The fourth-order valence-electron chi connectivity index (χ4n) is 3.46. The summed E-state index contributed by atoms with van der Waals surface area (Å²) in [6.45, 7) is 4.28. The summed E-state index contributed by atoms with van der Waals surface area (Å²) in [4.78, 5) is 2.60. The number of anilines is 1. The van der Waals surface area contributed by atoms with Crippen LogP contribution >= 0.6 is 0 Å². The summed E-state index contributed by atoms with van der Waals surface area (Å²) in [6.07, 6.45) is 3.80. The zero-order valence-electron chi connectivity index (χ0n) is 9.95. The molecule has 0 spiro atoms. The summed E-state index contributed by atoms with van der Waals surface area (Å²) in [7, 11) is 0. The maximum atomic E-state index is 5.86. The third-order valence-corrected chi connectivity index (χ3v) is 4.37. The van der Waals surface area contributed by atoms with Gasteiger partial charge in [0.05, 0.1) is 0 Å². The number of fused-ring (bicyclic) bond motifs is 3. The molecule has 2 unspecified atom stereocenters. The number of hydrogen-bond acceptors (Lipinski definition) is 2. The van der Waals surface area contributed by atoms with Crippen molar-refractivity contribution in [2.45, 2.75) is 32.2 Å². The van der Waals surface area contributed by atoms with Crippen LogP contribution in [0.15, 0.2) is 18.2 Å². The second-order valence-electron chi connectivity index (χ2n) is 5.16. The molecule has 0 amide bonds. The summed E-state index contributed by atoms with van der Waals surface area (Å²) < 4.78 is 0. The van der Waals surface area contributed by atoms with E-state index in [2.05, 4.69) is 30.0 Å². The molecule has 1 aromatic carbocycles. The van der Waals surface area contributed by atoms with Gasteiger partial charge in [0.2, 0.25) is 0 Å². The molecule has 0 saturated carbocycles. The molecule has 2 nitrogen and oxygen atoms in total. The lowest BCUT2D eigenvalue weighted by atomic mass is 9.89. The average Bonchev–Trinajstić information content (AvgIpc) is 2.72. The van der Waals surface area contributed by atoms with Crippen LogP contribution in [0.1, 0.15) is 24.0 Å². The molecule has 0 bridgehead atoms. The second-order valence-corrected chi connectivity index (χ2v) is 5.16. The third kappa shape index (κ3) is 1.36. The van der Waals surface area contributed by atoms with Gasteiger partial charge in [-0.05, 0) is 55.8 Å². The van der Waals surface area contributed by atoms with Crippen molar-refractivity contribution >= 4 is 5.69 Å². The van der Waals surface area contributed by atoms with Crippen LogP contribution in [0.4, 0.5) is 5.69 Å². The fourth-order valence-corrected chi connectivity index (χ4v) is 3.46. The molecule has 2 aliphatic heterocycles. The van der Waals surface area contributed by atoms with Gasteiger partial charge in [-0.1, -0.05) is 12.1 Å². The highest BCUT2D eigenvalue weighted by Gasteiger charge is 2.36. The van der Waals surface area contributed by atoms with Crippen LogP contribution in [-0.4, -0.2) is 19.1 Å². The van der Waals surface area contributed by atoms with Gasteiger partial charge in [0, 0.05) is 18.3 Å². The lowest BCUT2D eigenvalue weighted by Crippen LogP contribution is -2.39. The third-order valence-electron chi connectivity index (χ3n) is 4.37. The molecular weight excluding hydrogens is 196 g/mol. The lowest BCUT2D eigenvalue weighted by molar-refractivity contribution is 0.446. The van der Waals surface area contributed by atoms with E-state index >= 15 is 0 Å². The molecule has 2 heterocycles. The molecule has 1 fully saturated rings. The highest BCUT2D eigenvalue weighted by molar-refractivity contribution is 5.60. The maximum Gasteiger partial charge on any atom is 0.0404 e. The summed E-state index contributed by atoms with van der Waals surface area (Å²) in [5, 5.41) is 0. The van der Waals surface area contributed by atoms with E-state index in [1.807, 2.05) is 0 Å². The standard InChI is InChI=1S/C14H20N2/c1-10-3-2-4-14-12(10)5-6-13-11(9-15)7-8-16(13)14/h2-4,11,13H,5-9,15H2,1H3. The summed E-state index contributed by atoms with van der Waals surface area (Å²) in [6, 6.07) is 7.41. The Hall–Kier alpha value is -1.02. The van der Waals surface area contributed by atoms with Crippen molar-refractivity contribution in [3.8, 4) is 0 Å². The smallest absolute Gasteiger partial charge is 0.0404 e. The van der Waals surface area contributed by atoms with Crippen LogP contribution in [0.25, 0.3) is 0 Å². The molecule has 2 atom stereocenters. The first kappa shape index (κ1) is 10.2. The lowest BCUT2D eigenvalue weighted by Gasteiger charge is -2.36. The zero-order chi connectivity index (χ0) is 11.1. The molecule has 2 aliphatic rings. The average molecular weight is 216 g/mol. The Balaban J connectivity index is 1.99. The quantitative estimate of drug-likeness (QED) is 0.779. The monoisotopic (exact) mass is 216 g/mol. The summed E-state index contributed by atoms with van der Waals surface area (Å²) in [5.74, 6) is 0.716. The van der Waals surface area contributed by atoms with Crippen LogP contribution in [0, 0.1) is 12.8 Å². The molecule has 0 aliphatic carbocycles. The van der Waals surface area contributed by atoms with Crippen molar-refractivity contribution in [1.82, 2.24) is 0 Å². The number of nitrogens with two attached hydrogens (primary N) is 1. The van der Waals surface area contributed by atoms with Crippen molar-refractivity contribution < 1.29 is 0 Å². The largest absolute Gasteiger partial charge is 0.368 e. The van der Waals surface area contributed by atoms with Crippen LogP contribution in [0.5, 0.6) is 0 Å². The van der Waals surface area contributed by atoms with Gasteiger partial charge in [-0.3, -0.25) is 0 Å². The Bertz CT molecular complexity index is 400. The summed E-state index contributed by atoms with van der Waals surface area (Å²) in [5.41, 5.74) is 10.4. The number of nitrogens with zero attached hydrogens (tertiary/aromatic N) is 1. The van der Waals surface area contributed by atoms with Gasteiger partial charge in [0.1, 0.15) is 0 Å². The van der Waals surface area contributed by atoms with Crippen LogP contribution in [0.2, 0.25) is 0 Å². The zero-order valence-corrected chi connectivity index (χ0v) is 9.95. The first-order valence-corrected chi connectivity index (χ1v) is 6.36. The highest BCUT2D eigenvalue weighted by atomic mass is 15.2. The second kappa shape index (κ2) is 3.77. The molecule has 1 saturated heterocycles. The molecule has 3 rings (SSSR count). The first-order valence-electron chi connectivity index (χ1n) is 6.36. The van der Waals surface area contributed by atoms with Crippen LogP contribution < -0.4 is 10.6 Å². The van der Waals surface area contributed by atoms with Crippen molar-refractivity contribution in [2.75, 3.05) is 18.0 Å². The van der Waals surface area contributed by atoms with E-state index in [1.54, 1.807) is 5.56 Å². The number of rotatable bonds is 1. The predicted molar refractivity (Wildman–Crippen MR) is 67.8 cm³/mol. The molecule has 2 N–H and O–H groups in total. The molecule has 0 radical (unpaired) electrons. The topological polar surface area (TPSA) is 29.3 Å². The molecule has 2 heteroatoms. The van der Waals surface area contributed by atoms with E-state index in [4.69, 9.17) is 5.73 Å². The fraction of sp³-hybridized carbons (Fsp3) is 0.571. The minimum atomic E-state index is 0.708. The Kier molecular flexibility index (Phi) is 2.40. The van der Waals surface area contributed by atoms with Gasteiger partial charge < -0.3 is 10.6 Å². The number of benzene rings is 1. The van der Waals surface area contributed by atoms with Gasteiger partial charge >= 0.3 is 0 Å². The maximum absolute atomic E-state index is 5.86. The van der Waals surface area contributed by atoms with E-state index in [0.717, 1.165) is 6.54 Å². The highest BCUT2D eigenvalue weighted by Crippen LogP contribution is 2.39. The van der Waals surface area contributed by atoms with Gasteiger partial charge in [-0.2, -0.15) is 0 Å². The molecular formula is C14H20N2. The minimum absolute atomic E-state index is 0.708. The van der Waals surface area contributed by atoms with Gasteiger partial charge in [0.15, 0.2) is 0 Å². The van der Waals surface area contributed by atoms with Gasteiger partial charge in [0.25, 0.3) is 0 Å². The Morgan fingerprint density at radius 3 is 3.06 bits per heavy atom. The number of aryl methyl sites for hydroxylation is 1. The van der Waals surface area contributed by atoms with Crippen LogP contribution in [0.3, 0.4) is 0 Å². The van der Waals surface area contributed by atoms with Gasteiger partial charge in [-0.25, -0.2) is 0 Å². The molecule has 0 aromatic heterocycles. The predicted octanol–water partition coefficient (Wildman–Crippen LogP) is 2.09. The normalized spacial score (nSPS) is 27.8. The van der Waals surface area contributed by atoms with Crippen LogP contribution in [-0.2, 0) is 6.42 Å². The van der Waals surface area contributed by atoms with E-state index in [0.29, 0.717) is 12.0 Å². The first-order chi connectivity index (χ1) is 7.81.